The highest BCUT2D eigenvalue weighted by atomic mass is 32.1. The molecule has 1 atom stereocenters. The number of aromatic nitrogens is 1. The molecule has 1 aromatic carbocycles. The molecule has 1 aliphatic heterocycles. The number of carbonyl (C=O) groups is 1. The van der Waals surface area contributed by atoms with E-state index in [1.54, 1.807) is 48.4 Å². The summed E-state index contributed by atoms with van der Waals surface area (Å²) >= 11 is 4.75. The summed E-state index contributed by atoms with van der Waals surface area (Å²) in [6, 6.07) is 10.7. The van der Waals surface area contributed by atoms with Crippen LogP contribution >= 0.6 is 12.6 Å². The molecule has 1 aromatic heterocycles. The maximum atomic E-state index is 13.3. The SMILES string of the molecule is Cc1cc(N2C(=O)C3(CCC3)N(c3ccc(O)cc3)C2S)cnc1C#N. The van der Waals surface area contributed by atoms with Crippen molar-refractivity contribution in [2.45, 2.75) is 37.2 Å². The van der Waals surface area contributed by atoms with Gasteiger partial charge in [-0.2, -0.15) is 5.26 Å². The fourth-order valence-electron chi connectivity index (χ4n) is 3.79. The average Bonchev–Trinajstić information content (AvgIpc) is 2.83. The predicted octanol–water partition coefficient (Wildman–Crippen LogP) is 2.96. The molecule has 2 heterocycles. The molecule has 0 radical (unpaired) electrons. The number of carbonyl (C=O) groups excluding carboxylic acids is 1. The Hall–Kier alpha value is -2.72. The first-order valence-corrected chi connectivity index (χ1v) is 8.96. The van der Waals surface area contributed by atoms with Gasteiger partial charge < -0.3 is 10.0 Å². The molecular formula is C19H18N4O2S. The Bertz CT molecular complexity index is 918. The van der Waals surface area contributed by atoms with Gasteiger partial charge in [0.1, 0.15) is 23.1 Å². The van der Waals surface area contributed by atoms with Gasteiger partial charge in [0.15, 0.2) is 5.50 Å². The molecule has 2 fully saturated rings. The van der Waals surface area contributed by atoms with Gasteiger partial charge in [-0.15, -0.1) is 12.6 Å². The number of aryl methyl sites for hydroxylation is 1. The highest BCUT2D eigenvalue weighted by Crippen LogP contribution is 2.50. The van der Waals surface area contributed by atoms with E-state index >= 15 is 0 Å². The number of phenolic OH excluding ortho intramolecular Hbond substituents is 1. The average molecular weight is 366 g/mol. The lowest BCUT2D eigenvalue weighted by Gasteiger charge is -2.44. The smallest absolute Gasteiger partial charge is 0.255 e. The Balaban J connectivity index is 1.78. The first-order valence-electron chi connectivity index (χ1n) is 8.45. The van der Waals surface area contributed by atoms with Crippen LogP contribution in [0.1, 0.15) is 30.5 Å². The van der Waals surface area contributed by atoms with Crippen LogP contribution in [-0.4, -0.2) is 27.0 Å². The van der Waals surface area contributed by atoms with Gasteiger partial charge in [-0.25, -0.2) is 4.98 Å². The van der Waals surface area contributed by atoms with Crippen LogP contribution < -0.4 is 9.80 Å². The zero-order valence-corrected chi connectivity index (χ0v) is 15.1. The van der Waals surface area contributed by atoms with Crippen molar-refractivity contribution in [2.75, 3.05) is 9.80 Å². The van der Waals surface area contributed by atoms with Crippen molar-refractivity contribution in [1.82, 2.24) is 4.98 Å². The number of phenols is 1. The molecule has 132 valence electrons. The molecule has 1 aliphatic carbocycles. The van der Waals surface area contributed by atoms with Crippen molar-refractivity contribution >= 4 is 29.9 Å². The number of nitriles is 1. The monoisotopic (exact) mass is 366 g/mol. The van der Waals surface area contributed by atoms with E-state index in [1.807, 2.05) is 11.0 Å². The quantitative estimate of drug-likeness (QED) is 0.799. The van der Waals surface area contributed by atoms with Crippen LogP contribution in [0.4, 0.5) is 11.4 Å². The maximum absolute atomic E-state index is 13.3. The van der Waals surface area contributed by atoms with Crippen LogP contribution in [0.25, 0.3) is 0 Å². The summed E-state index contributed by atoms with van der Waals surface area (Å²) in [6.45, 7) is 1.81. The van der Waals surface area contributed by atoms with E-state index in [2.05, 4.69) is 4.98 Å². The fraction of sp³-hybridized carbons (Fsp3) is 0.316. The van der Waals surface area contributed by atoms with Crippen LogP contribution in [0.5, 0.6) is 5.75 Å². The van der Waals surface area contributed by atoms with E-state index in [0.29, 0.717) is 11.4 Å². The summed E-state index contributed by atoms with van der Waals surface area (Å²) in [7, 11) is 0. The zero-order chi connectivity index (χ0) is 18.5. The van der Waals surface area contributed by atoms with Crippen LogP contribution in [0.15, 0.2) is 36.5 Å². The van der Waals surface area contributed by atoms with Crippen LogP contribution in [0, 0.1) is 18.3 Å². The van der Waals surface area contributed by atoms with Gasteiger partial charge in [-0.1, -0.05) is 0 Å². The van der Waals surface area contributed by atoms with Crippen LogP contribution in [-0.2, 0) is 4.79 Å². The second-order valence-electron chi connectivity index (χ2n) is 6.76. The zero-order valence-electron chi connectivity index (χ0n) is 14.3. The molecular weight excluding hydrogens is 348 g/mol. The summed E-state index contributed by atoms with van der Waals surface area (Å²) in [5.74, 6) is 0.184. The molecule has 1 amide bonds. The second kappa shape index (κ2) is 5.92. The van der Waals surface area contributed by atoms with E-state index < -0.39 is 11.0 Å². The van der Waals surface area contributed by atoms with Gasteiger partial charge in [-0.3, -0.25) is 9.69 Å². The third kappa shape index (κ3) is 2.26. The van der Waals surface area contributed by atoms with Gasteiger partial charge >= 0.3 is 0 Å². The molecule has 1 unspecified atom stereocenters. The Morgan fingerprint density at radius 1 is 1.31 bits per heavy atom. The van der Waals surface area contributed by atoms with Gasteiger partial charge in [0.2, 0.25) is 0 Å². The molecule has 1 N–H and O–H groups in total. The third-order valence-electron chi connectivity index (χ3n) is 5.30. The molecule has 0 bridgehead atoms. The van der Waals surface area contributed by atoms with Crippen molar-refractivity contribution in [1.29, 1.82) is 5.26 Å². The maximum Gasteiger partial charge on any atom is 0.255 e. The van der Waals surface area contributed by atoms with Crippen molar-refractivity contribution in [3.8, 4) is 11.8 Å². The van der Waals surface area contributed by atoms with E-state index in [1.165, 1.54) is 0 Å². The number of hydrogen-bond acceptors (Lipinski definition) is 6. The van der Waals surface area contributed by atoms with E-state index in [9.17, 15) is 9.90 Å². The summed E-state index contributed by atoms with van der Waals surface area (Å²) < 4.78 is 0. The minimum absolute atomic E-state index is 0.00253. The highest BCUT2D eigenvalue weighted by Gasteiger charge is 2.60. The molecule has 1 spiro atoms. The van der Waals surface area contributed by atoms with Gasteiger partial charge in [0.25, 0.3) is 5.91 Å². The number of anilines is 2. The minimum atomic E-state index is -0.606. The predicted molar refractivity (Wildman–Crippen MR) is 101 cm³/mol. The number of nitrogens with zero attached hydrogens (tertiary/aromatic N) is 4. The number of amides is 1. The summed E-state index contributed by atoms with van der Waals surface area (Å²) in [4.78, 5) is 21.2. The number of benzene rings is 1. The number of thiol groups is 1. The lowest BCUT2D eigenvalue weighted by molar-refractivity contribution is -0.124. The number of rotatable bonds is 2. The number of pyridine rings is 1. The fourth-order valence-corrected chi connectivity index (χ4v) is 4.38. The highest BCUT2D eigenvalue weighted by molar-refractivity contribution is 7.81. The molecule has 1 saturated heterocycles. The lowest BCUT2D eigenvalue weighted by atomic mass is 9.75. The lowest BCUT2D eigenvalue weighted by Crippen LogP contribution is -2.55. The van der Waals surface area contributed by atoms with E-state index in [0.717, 1.165) is 30.5 Å². The van der Waals surface area contributed by atoms with Gasteiger partial charge in [0, 0.05) is 5.69 Å². The number of hydrogen-bond donors (Lipinski definition) is 2. The molecule has 6 nitrogen and oxygen atoms in total. The van der Waals surface area contributed by atoms with Crippen molar-refractivity contribution in [3.63, 3.8) is 0 Å². The third-order valence-corrected chi connectivity index (χ3v) is 5.76. The first kappa shape index (κ1) is 16.7. The Kier molecular flexibility index (Phi) is 3.81. The van der Waals surface area contributed by atoms with Gasteiger partial charge in [0.05, 0.1) is 11.9 Å². The van der Waals surface area contributed by atoms with Crippen molar-refractivity contribution < 1.29 is 9.90 Å². The topological polar surface area (TPSA) is 80.5 Å². The molecule has 2 aromatic rings. The minimum Gasteiger partial charge on any atom is -0.508 e. The largest absolute Gasteiger partial charge is 0.508 e. The standard InChI is InChI=1S/C19H18N4O2S/c1-12-9-14(11-21-16(12)10-20)22-17(25)19(7-2-8-19)23(18(22)26)13-3-5-15(24)6-4-13/h3-6,9,11,18,24,26H,2,7-8H2,1H3. The summed E-state index contributed by atoms with van der Waals surface area (Å²) in [6.07, 6.45) is 4.07. The summed E-state index contributed by atoms with van der Waals surface area (Å²) in [5, 5.41) is 18.7. The van der Waals surface area contributed by atoms with Crippen LogP contribution in [0.2, 0.25) is 0 Å². The van der Waals surface area contributed by atoms with E-state index in [4.69, 9.17) is 17.9 Å². The van der Waals surface area contributed by atoms with E-state index in [-0.39, 0.29) is 11.7 Å². The molecule has 7 heteroatoms. The van der Waals surface area contributed by atoms with Crippen LogP contribution in [0.3, 0.4) is 0 Å². The number of aromatic hydroxyl groups is 1. The molecule has 2 aliphatic rings. The molecule has 1 saturated carbocycles. The second-order valence-corrected chi connectivity index (χ2v) is 7.23. The Morgan fingerprint density at radius 3 is 2.54 bits per heavy atom. The Labute approximate surface area is 157 Å². The van der Waals surface area contributed by atoms with Gasteiger partial charge in [-0.05, 0) is 62.1 Å². The van der Waals surface area contributed by atoms with Crippen molar-refractivity contribution in [2.24, 2.45) is 0 Å². The summed E-state index contributed by atoms with van der Waals surface area (Å²) in [5.41, 5.74) is 1.47. The molecule has 26 heavy (non-hydrogen) atoms. The Morgan fingerprint density at radius 2 is 2.00 bits per heavy atom. The molecule has 4 rings (SSSR count). The van der Waals surface area contributed by atoms with Crippen molar-refractivity contribution in [3.05, 3.63) is 47.8 Å². The first-order chi connectivity index (χ1) is 12.5. The normalized spacial score (nSPS) is 21.0.